The number of hydrogen-bond donors (Lipinski definition) is 3. The molecule has 0 aromatic rings. The van der Waals surface area contributed by atoms with E-state index in [1.807, 2.05) is 0 Å². The Labute approximate surface area is 112 Å². The van der Waals surface area contributed by atoms with E-state index >= 15 is 0 Å². The zero-order valence-electron chi connectivity index (χ0n) is 11.3. The number of hydrogen-bond acceptors (Lipinski definition) is 3. The van der Waals surface area contributed by atoms with Gasteiger partial charge >= 0.3 is 12.0 Å². The Kier molecular flexibility index (Phi) is 5.59. The monoisotopic (exact) mass is 271 g/mol. The van der Waals surface area contributed by atoms with Crippen LogP contribution in [0.15, 0.2) is 0 Å². The molecule has 3 amide bonds. The van der Waals surface area contributed by atoms with Crippen molar-refractivity contribution < 1.29 is 19.5 Å². The van der Waals surface area contributed by atoms with Gasteiger partial charge in [-0.3, -0.25) is 9.59 Å². The molecule has 1 rings (SSSR count). The summed E-state index contributed by atoms with van der Waals surface area (Å²) >= 11 is 0. The highest BCUT2D eigenvalue weighted by Gasteiger charge is 2.24. The third-order valence-corrected chi connectivity index (χ3v) is 3.10. The normalized spacial score (nSPS) is 18.3. The topological polar surface area (TPSA) is 98.7 Å². The summed E-state index contributed by atoms with van der Waals surface area (Å²) in [5.41, 5.74) is 0. The summed E-state index contributed by atoms with van der Waals surface area (Å²) in [5.74, 6) is -1.25. The molecule has 19 heavy (non-hydrogen) atoms. The number of carboxylic acid groups (broad SMARTS) is 1. The third kappa shape index (κ3) is 4.76. The first-order valence-corrected chi connectivity index (χ1v) is 6.50. The van der Waals surface area contributed by atoms with E-state index < -0.39 is 24.1 Å². The lowest BCUT2D eigenvalue weighted by atomic mass is 10.1. The van der Waals surface area contributed by atoms with Gasteiger partial charge in [-0.15, -0.1) is 0 Å². The molecule has 0 aliphatic carbocycles. The van der Waals surface area contributed by atoms with Crippen LogP contribution in [0.25, 0.3) is 0 Å². The Hall–Kier alpha value is -1.79. The summed E-state index contributed by atoms with van der Waals surface area (Å²) in [6, 6.07) is -2.29. The molecule has 3 N–H and O–H groups in total. The molecule has 2 atom stereocenters. The second-order valence-electron chi connectivity index (χ2n) is 4.79. The van der Waals surface area contributed by atoms with Crippen LogP contribution in [0, 0.1) is 0 Å². The van der Waals surface area contributed by atoms with Crippen LogP contribution in [0.1, 0.15) is 33.1 Å². The molecule has 0 aromatic carbocycles. The van der Waals surface area contributed by atoms with Gasteiger partial charge in [-0.05, 0) is 33.1 Å². The van der Waals surface area contributed by atoms with Crippen LogP contribution >= 0.6 is 0 Å². The summed E-state index contributed by atoms with van der Waals surface area (Å²) in [5, 5.41) is 13.4. The molecule has 1 aliphatic rings. The van der Waals surface area contributed by atoms with E-state index in [1.54, 1.807) is 11.8 Å². The van der Waals surface area contributed by atoms with E-state index in [0.29, 0.717) is 0 Å². The third-order valence-electron chi connectivity index (χ3n) is 3.10. The van der Waals surface area contributed by atoms with Crippen molar-refractivity contribution in [1.29, 1.82) is 0 Å². The van der Waals surface area contributed by atoms with Crippen molar-refractivity contribution in [3.05, 3.63) is 0 Å². The van der Waals surface area contributed by atoms with Crippen LogP contribution in [-0.2, 0) is 9.59 Å². The fourth-order valence-electron chi connectivity index (χ4n) is 1.95. The Bertz CT molecular complexity index is 353. The molecule has 108 valence electrons. The number of carboxylic acids is 1. The van der Waals surface area contributed by atoms with Gasteiger partial charge in [0, 0.05) is 13.1 Å². The van der Waals surface area contributed by atoms with Gasteiger partial charge < -0.3 is 20.6 Å². The zero-order chi connectivity index (χ0) is 14.4. The standard InChI is InChI=1S/C12H21N3O4/c1-8(10(16)15-6-4-3-5-7-15)13-12(19)14-9(2)11(17)18/h8-9H,3-7H2,1-2H3,(H,17,18)(H2,13,14,19). The Morgan fingerprint density at radius 2 is 1.53 bits per heavy atom. The molecular weight excluding hydrogens is 250 g/mol. The van der Waals surface area contributed by atoms with Crippen molar-refractivity contribution in [2.75, 3.05) is 13.1 Å². The van der Waals surface area contributed by atoms with Crippen LogP contribution in [0.4, 0.5) is 4.79 Å². The van der Waals surface area contributed by atoms with Crippen molar-refractivity contribution in [2.24, 2.45) is 0 Å². The smallest absolute Gasteiger partial charge is 0.325 e. The van der Waals surface area contributed by atoms with Crippen molar-refractivity contribution in [3.63, 3.8) is 0 Å². The average Bonchev–Trinajstić information content (AvgIpc) is 2.38. The van der Waals surface area contributed by atoms with E-state index in [1.165, 1.54) is 6.92 Å². The summed E-state index contributed by atoms with van der Waals surface area (Å²) in [4.78, 5) is 35.8. The second kappa shape index (κ2) is 6.96. The lowest BCUT2D eigenvalue weighted by Gasteiger charge is -2.29. The number of nitrogens with one attached hydrogen (secondary N) is 2. The molecule has 1 heterocycles. The number of urea groups is 1. The number of carbonyl (C=O) groups is 3. The summed E-state index contributed by atoms with van der Waals surface area (Å²) < 4.78 is 0. The zero-order valence-corrected chi connectivity index (χ0v) is 11.3. The molecular formula is C12H21N3O4. The van der Waals surface area contributed by atoms with E-state index in [9.17, 15) is 14.4 Å². The summed E-state index contributed by atoms with van der Waals surface area (Å²) in [6.07, 6.45) is 3.10. The van der Waals surface area contributed by atoms with Crippen molar-refractivity contribution >= 4 is 17.9 Å². The van der Waals surface area contributed by atoms with E-state index in [0.717, 1.165) is 32.4 Å². The number of nitrogens with zero attached hydrogens (tertiary/aromatic N) is 1. The molecule has 0 bridgehead atoms. The number of rotatable bonds is 4. The van der Waals surface area contributed by atoms with Crippen LogP contribution < -0.4 is 10.6 Å². The van der Waals surface area contributed by atoms with E-state index in [4.69, 9.17) is 5.11 Å². The van der Waals surface area contributed by atoms with E-state index in [2.05, 4.69) is 10.6 Å². The molecule has 0 saturated carbocycles. The van der Waals surface area contributed by atoms with Crippen molar-refractivity contribution in [2.45, 2.75) is 45.2 Å². The number of aliphatic carboxylic acids is 1. The fraction of sp³-hybridized carbons (Fsp3) is 0.750. The van der Waals surface area contributed by atoms with Gasteiger partial charge in [0.1, 0.15) is 12.1 Å². The highest BCUT2D eigenvalue weighted by Crippen LogP contribution is 2.09. The van der Waals surface area contributed by atoms with Crippen molar-refractivity contribution in [1.82, 2.24) is 15.5 Å². The molecule has 0 aromatic heterocycles. The van der Waals surface area contributed by atoms with Crippen LogP contribution in [-0.4, -0.2) is 53.1 Å². The second-order valence-corrected chi connectivity index (χ2v) is 4.79. The lowest BCUT2D eigenvalue weighted by molar-refractivity contribution is -0.138. The number of piperidine rings is 1. The molecule has 7 nitrogen and oxygen atoms in total. The van der Waals surface area contributed by atoms with Gasteiger partial charge in [-0.25, -0.2) is 4.79 Å². The average molecular weight is 271 g/mol. The number of carbonyl (C=O) groups excluding carboxylic acids is 2. The summed E-state index contributed by atoms with van der Waals surface area (Å²) in [7, 11) is 0. The quantitative estimate of drug-likeness (QED) is 0.678. The molecule has 2 unspecified atom stereocenters. The molecule has 1 aliphatic heterocycles. The fourth-order valence-corrected chi connectivity index (χ4v) is 1.95. The number of amides is 3. The predicted octanol–water partition coefficient (Wildman–Crippen LogP) is 0.160. The maximum Gasteiger partial charge on any atom is 0.325 e. The van der Waals surface area contributed by atoms with E-state index in [-0.39, 0.29) is 5.91 Å². The van der Waals surface area contributed by atoms with Gasteiger partial charge in [0.05, 0.1) is 0 Å². The minimum Gasteiger partial charge on any atom is -0.480 e. The molecule has 1 fully saturated rings. The largest absolute Gasteiger partial charge is 0.480 e. The first kappa shape index (κ1) is 15.3. The Morgan fingerprint density at radius 3 is 2.05 bits per heavy atom. The molecule has 7 heteroatoms. The van der Waals surface area contributed by atoms with Crippen LogP contribution in [0.3, 0.4) is 0 Å². The number of likely N-dealkylation sites (tertiary alicyclic amines) is 1. The van der Waals surface area contributed by atoms with Crippen molar-refractivity contribution in [3.8, 4) is 0 Å². The molecule has 1 saturated heterocycles. The maximum atomic E-state index is 12.0. The van der Waals surface area contributed by atoms with Crippen LogP contribution in [0.2, 0.25) is 0 Å². The minimum atomic E-state index is -1.12. The highest BCUT2D eigenvalue weighted by molar-refractivity contribution is 5.88. The predicted molar refractivity (Wildman–Crippen MR) is 68.7 cm³/mol. The maximum absolute atomic E-state index is 12.0. The first-order chi connectivity index (χ1) is 8.91. The molecule has 0 spiro atoms. The first-order valence-electron chi connectivity index (χ1n) is 6.50. The Balaban J connectivity index is 2.40. The van der Waals surface area contributed by atoms with Crippen LogP contribution in [0.5, 0.6) is 0 Å². The van der Waals surface area contributed by atoms with Gasteiger partial charge in [-0.2, -0.15) is 0 Å². The van der Waals surface area contributed by atoms with Gasteiger partial charge in [-0.1, -0.05) is 0 Å². The summed E-state index contributed by atoms with van der Waals surface area (Å²) in [6.45, 7) is 4.40. The highest BCUT2D eigenvalue weighted by atomic mass is 16.4. The minimum absolute atomic E-state index is 0.127. The van der Waals surface area contributed by atoms with Gasteiger partial charge in [0.2, 0.25) is 5.91 Å². The Morgan fingerprint density at radius 1 is 1.00 bits per heavy atom. The SMILES string of the molecule is CC(NC(=O)NC(C)C(=O)N1CCCCC1)C(=O)O. The van der Waals surface area contributed by atoms with Gasteiger partial charge in [0.15, 0.2) is 0 Å². The van der Waals surface area contributed by atoms with Gasteiger partial charge in [0.25, 0.3) is 0 Å². The molecule has 0 radical (unpaired) electrons. The lowest BCUT2D eigenvalue weighted by Crippen LogP contribution is -2.53.